The zero-order valence-corrected chi connectivity index (χ0v) is 13.7. The molecular formula is C18H13F4N3O2. The van der Waals surface area contributed by atoms with Crippen LogP contribution in [0.25, 0.3) is 5.69 Å². The lowest BCUT2D eigenvalue weighted by molar-refractivity contribution is -0.137. The molecule has 1 amide bonds. The van der Waals surface area contributed by atoms with Crippen LogP contribution in [0.4, 0.5) is 23.2 Å². The summed E-state index contributed by atoms with van der Waals surface area (Å²) < 4.78 is 58.4. The number of nitrogens with one attached hydrogen (secondary N) is 1. The SMILES string of the molecule is O=C(COc1ccc(F)cc1)Nc1cc(C(F)(F)F)ccc1-n1cccn1. The molecule has 9 heteroatoms. The topological polar surface area (TPSA) is 56.1 Å². The molecule has 3 rings (SSSR count). The van der Waals surface area contributed by atoms with E-state index in [0.717, 1.165) is 24.3 Å². The molecule has 0 aliphatic rings. The summed E-state index contributed by atoms with van der Waals surface area (Å²) in [6.07, 6.45) is -1.57. The number of rotatable bonds is 5. The molecule has 0 saturated heterocycles. The molecule has 0 fully saturated rings. The number of nitrogens with zero attached hydrogens (tertiary/aromatic N) is 2. The summed E-state index contributed by atoms with van der Waals surface area (Å²) in [6, 6.07) is 9.54. The number of aromatic nitrogens is 2. The summed E-state index contributed by atoms with van der Waals surface area (Å²) in [6.45, 7) is -0.458. The van der Waals surface area contributed by atoms with Gasteiger partial charge in [0.2, 0.25) is 0 Å². The van der Waals surface area contributed by atoms with Crippen LogP contribution in [-0.4, -0.2) is 22.3 Å². The second kappa shape index (κ2) is 7.48. The molecule has 0 aliphatic heterocycles. The van der Waals surface area contributed by atoms with E-state index < -0.39 is 30.1 Å². The van der Waals surface area contributed by atoms with E-state index in [0.29, 0.717) is 0 Å². The Morgan fingerprint density at radius 1 is 1.15 bits per heavy atom. The Kier molecular flexibility index (Phi) is 5.11. The van der Waals surface area contributed by atoms with Gasteiger partial charge in [0.1, 0.15) is 11.6 Å². The number of amides is 1. The molecule has 0 spiro atoms. The van der Waals surface area contributed by atoms with Crippen LogP contribution in [0, 0.1) is 5.82 Å². The first-order valence-corrected chi connectivity index (χ1v) is 7.72. The van der Waals surface area contributed by atoms with E-state index in [9.17, 15) is 22.4 Å². The van der Waals surface area contributed by atoms with Gasteiger partial charge in [0, 0.05) is 12.4 Å². The third kappa shape index (κ3) is 4.63. The van der Waals surface area contributed by atoms with Gasteiger partial charge in [-0.1, -0.05) is 0 Å². The fourth-order valence-corrected chi connectivity index (χ4v) is 2.29. The Morgan fingerprint density at radius 2 is 1.89 bits per heavy atom. The Balaban J connectivity index is 1.79. The van der Waals surface area contributed by atoms with E-state index in [2.05, 4.69) is 10.4 Å². The quantitative estimate of drug-likeness (QED) is 0.681. The van der Waals surface area contributed by atoms with Crippen LogP contribution in [0.15, 0.2) is 60.9 Å². The lowest BCUT2D eigenvalue weighted by Crippen LogP contribution is -2.21. The van der Waals surface area contributed by atoms with Crippen LogP contribution in [0.1, 0.15) is 5.56 Å². The van der Waals surface area contributed by atoms with Gasteiger partial charge in [0.25, 0.3) is 5.91 Å². The van der Waals surface area contributed by atoms with Crippen LogP contribution in [0.2, 0.25) is 0 Å². The van der Waals surface area contributed by atoms with Crippen LogP contribution >= 0.6 is 0 Å². The molecule has 0 saturated carbocycles. The standard InChI is InChI=1S/C18H13F4N3O2/c19-13-3-5-14(6-4-13)27-11-17(26)24-15-10-12(18(20,21)22)2-7-16(15)25-9-1-8-23-25/h1-10H,11H2,(H,24,26). The normalized spacial score (nSPS) is 11.3. The largest absolute Gasteiger partial charge is 0.484 e. The zero-order chi connectivity index (χ0) is 19.4. The van der Waals surface area contributed by atoms with Gasteiger partial charge in [-0.25, -0.2) is 9.07 Å². The Hall–Kier alpha value is -3.36. The second-order valence-electron chi connectivity index (χ2n) is 5.47. The van der Waals surface area contributed by atoms with Gasteiger partial charge in [0.05, 0.1) is 16.9 Å². The van der Waals surface area contributed by atoms with Gasteiger partial charge in [-0.15, -0.1) is 0 Å². The minimum atomic E-state index is -4.56. The van der Waals surface area contributed by atoms with Gasteiger partial charge in [-0.2, -0.15) is 18.3 Å². The fourth-order valence-electron chi connectivity index (χ4n) is 2.29. The highest BCUT2D eigenvalue weighted by molar-refractivity contribution is 5.94. The van der Waals surface area contributed by atoms with Crippen molar-refractivity contribution in [3.05, 3.63) is 72.3 Å². The number of halogens is 4. The summed E-state index contributed by atoms with van der Waals surface area (Å²) >= 11 is 0. The van der Waals surface area contributed by atoms with E-state index in [1.165, 1.54) is 35.3 Å². The third-order valence-corrected chi connectivity index (χ3v) is 3.53. The van der Waals surface area contributed by atoms with E-state index in [4.69, 9.17) is 4.74 Å². The van der Waals surface area contributed by atoms with E-state index in [-0.39, 0.29) is 17.1 Å². The second-order valence-corrected chi connectivity index (χ2v) is 5.47. The maximum atomic E-state index is 13.0. The lowest BCUT2D eigenvalue weighted by Gasteiger charge is -2.15. The first-order valence-electron chi connectivity index (χ1n) is 7.72. The van der Waals surface area contributed by atoms with Crippen LogP contribution < -0.4 is 10.1 Å². The molecule has 0 atom stereocenters. The minimum Gasteiger partial charge on any atom is -0.484 e. The van der Waals surface area contributed by atoms with Crippen LogP contribution in [0.3, 0.4) is 0 Å². The van der Waals surface area contributed by atoms with E-state index in [1.54, 1.807) is 6.07 Å². The summed E-state index contributed by atoms with van der Waals surface area (Å²) in [5.74, 6) is -0.880. The number of alkyl halides is 3. The Labute approximate surface area is 151 Å². The van der Waals surface area contributed by atoms with Gasteiger partial charge >= 0.3 is 6.18 Å². The fraction of sp³-hybridized carbons (Fsp3) is 0.111. The van der Waals surface area contributed by atoms with Crippen molar-refractivity contribution in [2.75, 3.05) is 11.9 Å². The molecular weight excluding hydrogens is 366 g/mol. The molecule has 5 nitrogen and oxygen atoms in total. The number of hydrogen-bond donors (Lipinski definition) is 1. The van der Waals surface area contributed by atoms with Crippen molar-refractivity contribution in [3.8, 4) is 11.4 Å². The molecule has 0 bridgehead atoms. The number of anilines is 1. The summed E-state index contributed by atoms with van der Waals surface area (Å²) in [4.78, 5) is 12.1. The van der Waals surface area contributed by atoms with E-state index in [1.807, 2.05) is 0 Å². The number of benzene rings is 2. The molecule has 1 aromatic heterocycles. The average Bonchev–Trinajstić information content (AvgIpc) is 3.15. The molecule has 0 unspecified atom stereocenters. The van der Waals surface area contributed by atoms with Crippen molar-refractivity contribution in [2.45, 2.75) is 6.18 Å². The summed E-state index contributed by atoms with van der Waals surface area (Å²) in [5, 5.41) is 6.36. The first-order chi connectivity index (χ1) is 12.8. The first kappa shape index (κ1) is 18.4. The Morgan fingerprint density at radius 3 is 2.52 bits per heavy atom. The number of carbonyl (C=O) groups is 1. The van der Waals surface area contributed by atoms with Crippen molar-refractivity contribution >= 4 is 11.6 Å². The van der Waals surface area contributed by atoms with Gasteiger partial charge in [-0.05, 0) is 48.5 Å². The van der Waals surface area contributed by atoms with Crippen molar-refractivity contribution in [3.63, 3.8) is 0 Å². The smallest absolute Gasteiger partial charge is 0.416 e. The number of ether oxygens (including phenoxy) is 1. The molecule has 3 aromatic rings. The molecule has 27 heavy (non-hydrogen) atoms. The predicted molar refractivity (Wildman–Crippen MR) is 89.1 cm³/mol. The van der Waals surface area contributed by atoms with E-state index >= 15 is 0 Å². The molecule has 1 heterocycles. The molecule has 0 aliphatic carbocycles. The number of hydrogen-bond acceptors (Lipinski definition) is 3. The van der Waals surface area contributed by atoms with Gasteiger partial charge < -0.3 is 10.1 Å². The maximum absolute atomic E-state index is 13.0. The van der Waals surface area contributed by atoms with Crippen LogP contribution in [-0.2, 0) is 11.0 Å². The van der Waals surface area contributed by atoms with Crippen molar-refractivity contribution in [2.24, 2.45) is 0 Å². The minimum absolute atomic E-state index is 0.0683. The zero-order valence-electron chi connectivity index (χ0n) is 13.7. The maximum Gasteiger partial charge on any atom is 0.416 e. The number of carbonyl (C=O) groups excluding carboxylic acids is 1. The highest BCUT2D eigenvalue weighted by Crippen LogP contribution is 2.33. The monoisotopic (exact) mass is 379 g/mol. The molecule has 1 N–H and O–H groups in total. The average molecular weight is 379 g/mol. The highest BCUT2D eigenvalue weighted by atomic mass is 19.4. The van der Waals surface area contributed by atoms with Gasteiger partial charge in [0.15, 0.2) is 6.61 Å². The van der Waals surface area contributed by atoms with Gasteiger partial charge in [-0.3, -0.25) is 4.79 Å². The lowest BCUT2D eigenvalue weighted by atomic mass is 10.1. The third-order valence-electron chi connectivity index (χ3n) is 3.53. The Bertz CT molecular complexity index is 923. The van der Waals surface area contributed by atoms with Crippen LogP contribution in [0.5, 0.6) is 5.75 Å². The highest BCUT2D eigenvalue weighted by Gasteiger charge is 2.31. The molecule has 2 aromatic carbocycles. The summed E-state index contributed by atoms with van der Waals surface area (Å²) in [5.41, 5.74) is -0.711. The summed E-state index contributed by atoms with van der Waals surface area (Å²) in [7, 11) is 0. The molecule has 140 valence electrons. The van der Waals surface area contributed by atoms with Crippen molar-refractivity contribution in [1.29, 1.82) is 0 Å². The van der Waals surface area contributed by atoms with Crippen molar-refractivity contribution < 1.29 is 27.1 Å². The predicted octanol–water partition coefficient (Wildman–Crippen LogP) is 4.05. The van der Waals surface area contributed by atoms with Crippen molar-refractivity contribution in [1.82, 2.24) is 9.78 Å². The molecule has 0 radical (unpaired) electrons.